The van der Waals surface area contributed by atoms with E-state index in [0.29, 0.717) is 5.69 Å². The van der Waals surface area contributed by atoms with Crippen LogP contribution in [0.5, 0.6) is 0 Å². The Balaban J connectivity index is 2.00. The lowest BCUT2D eigenvalue weighted by molar-refractivity contribution is -0.384. The van der Waals surface area contributed by atoms with Gasteiger partial charge >= 0.3 is 0 Å². The van der Waals surface area contributed by atoms with Gasteiger partial charge in [0.05, 0.1) is 17.2 Å². The van der Waals surface area contributed by atoms with Gasteiger partial charge in [-0.2, -0.15) is 0 Å². The molecular weight excluding hydrogens is 314 g/mol. The summed E-state index contributed by atoms with van der Waals surface area (Å²) in [5.41, 5.74) is 1.25. The molecule has 2 rings (SSSR count). The van der Waals surface area contributed by atoms with Crippen LogP contribution in [0.1, 0.15) is 17.4 Å². The first-order chi connectivity index (χ1) is 11.0. The number of thiophene rings is 1. The molecule has 0 bridgehead atoms. The molecule has 1 N–H and O–H groups in total. The highest BCUT2D eigenvalue weighted by atomic mass is 32.1. The van der Waals surface area contributed by atoms with Crippen molar-refractivity contribution in [2.45, 2.75) is 20.4 Å². The Morgan fingerprint density at radius 3 is 2.78 bits per heavy atom. The smallest absolute Gasteiger partial charge is 0.271 e. The van der Waals surface area contributed by atoms with Crippen LogP contribution in [0.15, 0.2) is 35.7 Å². The van der Waals surface area contributed by atoms with Crippen LogP contribution in [0.2, 0.25) is 0 Å². The van der Waals surface area contributed by atoms with Gasteiger partial charge in [0.1, 0.15) is 0 Å². The molecule has 1 amide bonds. The van der Waals surface area contributed by atoms with Crippen molar-refractivity contribution < 1.29 is 9.72 Å². The first kappa shape index (κ1) is 17.1. The number of nitro groups is 1. The van der Waals surface area contributed by atoms with Gasteiger partial charge in [0.25, 0.3) is 5.69 Å². The summed E-state index contributed by atoms with van der Waals surface area (Å²) in [6, 6.07) is 8.48. The lowest BCUT2D eigenvalue weighted by Crippen LogP contribution is -2.32. The highest BCUT2D eigenvalue weighted by molar-refractivity contribution is 7.09. The first-order valence-corrected chi connectivity index (χ1v) is 8.17. The fraction of sp³-hybridized carbons (Fsp3) is 0.312. The van der Waals surface area contributed by atoms with E-state index >= 15 is 0 Å². The molecule has 122 valence electrons. The number of likely N-dealkylation sites (N-methyl/N-ethyl adjacent to an activating group) is 1. The molecule has 1 aromatic heterocycles. The maximum Gasteiger partial charge on any atom is 0.271 e. The van der Waals surface area contributed by atoms with Crippen LogP contribution in [0.25, 0.3) is 0 Å². The normalized spacial score (nSPS) is 10.7. The third kappa shape index (κ3) is 4.87. The minimum atomic E-state index is -0.468. The van der Waals surface area contributed by atoms with E-state index in [0.717, 1.165) is 18.7 Å². The van der Waals surface area contributed by atoms with Crippen molar-refractivity contribution in [3.05, 3.63) is 56.3 Å². The standard InChI is InChI=1S/C16H19N3O3S/c1-3-18(10-14-5-4-8-23-14)11-16(20)17-15-9-13(19(21)22)7-6-12(15)2/h4-9H,3,10-11H2,1-2H3,(H,17,20). The fourth-order valence-electron chi connectivity index (χ4n) is 2.15. The van der Waals surface area contributed by atoms with Crippen molar-refractivity contribution >= 4 is 28.6 Å². The molecule has 0 saturated carbocycles. The summed E-state index contributed by atoms with van der Waals surface area (Å²) in [6.07, 6.45) is 0. The summed E-state index contributed by atoms with van der Waals surface area (Å²) < 4.78 is 0. The van der Waals surface area contributed by atoms with Crippen molar-refractivity contribution in [3.8, 4) is 0 Å². The van der Waals surface area contributed by atoms with Gasteiger partial charge in [0, 0.05) is 23.6 Å². The maximum absolute atomic E-state index is 12.2. The minimum absolute atomic E-state index is 0.0307. The predicted molar refractivity (Wildman–Crippen MR) is 91.7 cm³/mol. The predicted octanol–water partition coefficient (Wildman–Crippen LogP) is 3.43. The third-order valence-corrected chi connectivity index (χ3v) is 4.34. The van der Waals surface area contributed by atoms with Gasteiger partial charge in [-0.15, -0.1) is 11.3 Å². The molecule has 0 aliphatic carbocycles. The summed E-state index contributed by atoms with van der Waals surface area (Å²) in [5.74, 6) is -0.174. The molecule has 7 heteroatoms. The van der Waals surface area contributed by atoms with Gasteiger partial charge in [-0.1, -0.05) is 19.1 Å². The average Bonchev–Trinajstić information content (AvgIpc) is 3.01. The van der Waals surface area contributed by atoms with Crippen molar-refractivity contribution in [2.75, 3.05) is 18.4 Å². The Morgan fingerprint density at radius 2 is 2.17 bits per heavy atom. The zero-order chi connectivity index (χ0) is 16.8. The molecule has 0 spiro atoms. The zero-order valence-corrected chi connectivity index (χ0v) is 13.9. The zero-order valence-electron chi connectivity index (χ0n) is 13.1. The Hall–Kier alpha value is -2.25. The summed E-state index contributed by atoms with van der Waals surface area (Å²) in [7, 11) is 0. The van der Waals surface area contributed by atoms with E-state index in [1.165, 1.54) is 17.0 Å². The highest BCUT2D eigenvalue weighted by Gasteiger charge is 2.14. The number of carbonyl (C=O) groups is 1. The van der Waals surface area contributed by atoms with Crippen LogP contribution in [0.4, 0.5) is 11.4 Å². The number of amides is 1. The number of rotatable bonds is 7. The van der Waals surface area contributed by atoms with Crippen molar-refractivity contribution in [3.63, 3.8) is 0 Å². The van der Waals surface area contributed by atoms with Gasteiger partial charge in [0.15, 0.2) is 0 Å². The molecule has 1 aromatic carbocycles. The van der Waals surface area contributed by atoms with E-state index in [1.54, 1.807) is 17.4 Å². The molecule has 6 nitrogen and oxygen atoms in total. The average molecular weight is 333 g/mol. The lowest BCUT2D eigenvalue weighted by Gasteiger charge is -2.19. The molecule has 2 aromatic rings. The van der Waals surface area contributed by atoms with Crippen LogP contribution in [0, 0.1) is 17.0 Å². The number of benzene rings is 1. The second kappa shape index (κ2) is 7.85. The summed E-state index contributed by atoms with van der Waals surface area (Å²) >= 11 is 1.66. The number of nitro benzene ring substituents is 1. The summed E-state index contributed by atoms with van der Waals surface area (Å²) in [4.78, 5) is 25.8. The van der Waals surface area contributed by atoms with E-state index in [-0.39, 0.29) is 18.1 Å². The Labute approximate surface area is 138 Å². The topological polar surface area (TPSA) is 75.5 Å². The second-order valence-electron chi connectivity index (χ2n) is 5.19. The quantitative estimate of drug-likeness (QED) is 0.622. The molecular formula is C16H19N3O3S. The highest BCUT2D eigenvalue weighted by Crippen LogP contribution is 2.22. The number of hydrogen-bond donors (Lipinski definition) is 1. The Bertz CT molecular complexity index is 686. The number of nitrogens with zero attached hydrogens (tertiary/aromatic N) is 2. The monoisotopic (exact) mass is 333 g/mol. The van der Waals surface area contributed by atoms with Gasteiger partial charge in [-0.25, -0.2) is 0 Å². The largest absolute Gasteiger partial charge is 0.324 e. The van der Waals surface area contributed by atoms with Crippen LogP contribution < -0.4 is 5.32 Å². The molecule has 0 fully saturated rings. The summed E-state index contributed by atoms with van der Waals surface area (Å²) in [5, 5.41) is 15.6. The maximum atomic E-state index is 12.2. The van der Waals surface area contributed by atoms with Crippen LogP contribution in [0.3, 0.4) is 0 Å². The van der Waals surface area contributed by atoms with Crippen molar-refractivity contribution in [2.24, 2.45) is 0 Å². The van der Waals surface area contributed by atoms with E-state index in [4.69, 9.17) is 0 Å². The van der Waals surface area contributed by atoms with Gasteiger partial charge in [-0.05, 0) is 30.5 Å². The van der Waals surface area contributed by atoms with E-state index in [9.17, 15) is 14.9 Å². The van der Waals surface area contributed by atoms with Crippen LogP contribution in [-0.4, -0.2) is 28.8 Å². The van der Waals surface area contributed by atoms with E-state index in [2.05, 4.69) is 5.32 Å². The number of carbonyl (C=O) groups excluding carboxylic acids is 1. The first-order valence-electron chi connectivity index (χ1n) is 7.29. The van der Waals surface area contributed by atoms with Gasteiger partial charge in [0.2, 0.25) is 5.91 Å². The van der Waals surface area contributed by atoms with Gasteiger partial charge < -0.3 is 5.32 Å². The third-order valence-electron chi connectivity index (χ3n) is 3.48. The van der Waals surface area contributed by atoms with Gasteiger partial charge in [-0.3, -0.25) is 19.8 Å². The fourth-order valence-corrected chi connectivity index (χ4v) is 2.90. The number of anilines is 1. The molecule has 0 aliphatic heterocycles. The van der Waals surface area contributed by atoms with E-state index < -0.39 is 4.92 Å². The molecule has 0 unspecified atom stereocenters. The lowest BCUT2D eigenvalue weighted by atomic mass is 10.2. The van der Waals surface area contributed by atoms with Crippen LogP contribution >= 0.6 is 11.3 Å². The van der Waals surface area contributed by atoms with Crippen molar-refractivity contribution in [1.82, 2.24) is 4.90 Å². The molecule has 0 saturated heterocycles. The SMILES string of the molecule is CCN(CC(=O)Nc1cc([N+](=O)[O-])ccc1C)Cc1cccs1. The van der Waals surface area contributed by atoms with E-state index in [1.807, 2.05) is 36.3 Å². The van der Waals surface area contributed by atoms with Crippen LogP contribution in [-0.2, 0) is 11.3 Å². The number of non-ortho nitro benzene ring substituents is 1. The summed E-state index contributed by atoms with van der Waals surface area (Å²) in [6.45, 7) is 5.52. The molecule has 0 radical (unpaired) electrons. The second-order valence-corrected chi connectivity index (χ2v) is 6.22. The number of aryl methyl sites for hydroxylation is 1. The molecule has 1 heterocycles. The Kier molecular flexibility index (Phi) is 5.84. The minimum Gasteiger partial charge on any atom is -0.324 e. The molecule has 23 heavy (non-hydrogen) atoms. The number of nitrogens with one attached hydrogen (secondary N) is 1. The molecule has 0 atom stereocenters. The Morgan fingerprint density at radius 1 is 1.39 bits per heavy atom. The molecule has 0 aliphatic rings. The van der Waals surface area contributed by atoms with Crippen molar-refractivity contribution in [1.29, 1.82) is 0 Å². The number of hydrogen-bond acceptors (Lipinski definition) is 5.